The standard InChI is InChI=1S/C13H18N4S/c1-3-9-7-10-11(15-8-5-6-8)16-13(14-4-2)17-12(10)18-9/h7-8H,3-6H2,1-2H3,(H2,14,15,16,17). The third-order valence-electron chi connectivity index (χ3n) is 3.05. The molecule has 0 aromatic carbocycles. The van der Waals surface area contributed by atoms with Crippen LogP contribution in [-0.4, -0.2) is 22.6 Å². The number of hydrogen-bond acceptors (Lipinski definition) is 5. The van der Waals surface area contributed by atoms with E-state index in [0.717, 1.165) is 29.6 Å². The zero-order chi connectivity index (χ0) is 12.5. The maximum Gasteiger partial charge on any atom is 0.226 e. The molecule has 0 amide bonds. The number of nitrogens with one attached hydrogen (secondary N) is 2. The molecule has 0 unspecified atom stereocenters. The SMILES string of the molecule is CCNc1nc(NC2CC2)c2cc(CC)sc2n1. The Balaban J connectivity index is 2.05. The van der Waals surface area contributed by atoms with Crippen molar-refractivity contribution in [1.29, 1.82) is 0 Å². The molecule has 0 saturated heterocycles. The molecule has 1 aliphatic rings. The molecule has 0 radical (unpaired) electrons. The van der Waals surface area contributed by atoms with Gasteiger partial charge in [0.2, 0.25) is 5.95 Å². The van der Waals surface area contributed by atoms with Gasteiger partial charge in [-0.15, -0.1) is 11.3 Å². The van der Waals surface area contributed by atoms with E-state index < -0.39 is 0 Å². The van der Waals surface area contributed by atoms with E-state index in [2.05, 4.69) is 40.5 Å². The second kappa shape index (κ2) is 4.72. The fraction of sp³-hybridized carbons (Fsp3) is 0.538. The highest BCUT2D eigenvalue weighted by molar-refractivity contribution is 7.18. The van der Waals surface area contributed by atoms with Gasteiger partial charge in [-0.2, -0.15) is 4.98 Å². The van der Waals surface area contributed by atoms with Gasteiger partial charge in [0.25, 0.3) is 0 Å². The minimum Gasteiger partial charge on any atom is -0.367 e. The number of nitrogens with zero attached hydrogens (tertiary/aromatic N) is 2. The van der Waals surface area contributed by atoms with Gasteiger partial charge in [0.05, 0.1) is 5.39 Å². The molecule has 96 valence electrons. The highest BCUT2D eigenvalue weighted by Crippen LogP contribution is 2.33. The fourth-order valence-corrected chi connectivity index (χ4v) is 2.88. The quantitative estimate of drug-likeness (QED) is 0.868. The maximum absolute atomic E-state index is 4.59. The molecule has 3 rings (SSSR count). The van der Waals surface area contributed by atoms with Crippen LogP contribution in [0.3, 0.4) is 0 Å². The van der Waals surface area contributed by atoms with Crippen LogP contribution in [0.1, 0.15) is 31.6 Å². The van der Waals surface area contributed by atoms with Gasteiger partial charge in [-0.1, -0.05) is 6.92 Å². The Kier molecular flexibility index (Phi) is 3.07. The molecule has 0 atom stereocenters. The summed E-state index contributed by atoms with van der Waals surface area (Å²) in [6.45, 7) is 5.09. The first-order valence-corrected chi connectivity index (χ1v) is 7.42. The van der Waals surface area contributed by atoms with Crippen LogP contribution in [0.25, 0.3) is 10.2 Å². The molecule has 1 saturated carbocycles. The van der Waals surface area contributed by atoms with E-state index in [0.29, 0.717) is 6.04 Å². The Hall–Kier alpha value is -1.36. The number of hydrogen-bond donors (Lipinski definition) is 2. The number of rotatable bonds is 5. The van der Waals surface area contributed by atoms with Crippen LogP contribution in [0.4, 0.5) is 11.8 Å². The lowest BCUT2D eigenvalue weighted by Crippen LogP contribution is -2.07. The van der Waals surface area contributed by atoms with Crippen molar-refractivity contribution in [3.63, 3.8) is 0 Å². The summed E-state index contributed by atoms with van der Waals surface area (Å²) in [5, 5.41) is 7.89. The summed E-state index contributed by atoms with van der Waals surface area (Å²) in [6, 6.07) is 2.84. The lowest BCUT2D eigenvalue weighted by molar-refractivity contribution is 1.08. The van der Waals surface area contributed by atoms with Gasteiger partial charge in [-0.05, 0) is 32.3 Å². The lowest BCUT2D eigenvalue weighted by Gasteiger charge is -2.07. The average molecular weight is 262 g/mol. The van der Waals surface area contributed by atoms with Crippen LogP contribution in [-0.2, 0) is 6.42 Å². The Morgan fingerprint density at radius 3 is 2.83 bits per heavy atom. The molecule has 0 spiro atoms. The van der Waals surface area contributed by atoms with E-state index in [4.69, 9.17) is 0 Å². The summed E-state index contributed by atoms with van der Waals surface area (Å²) in [4.78, 5) is 11.6. The average Bonchev–Trinajstić information content (AvgIpc) is 3.07. The lowest BCUT2D eigenvalue weighted by atomic mass is 10.3. The smallest absolute Gasteiger partial charge is 0.226 e. The van der Waals surface area contributed by atoms with E-state index in [9.17, 15) is 0 Å². The second-order valence-corrected chi connectivity index (χ2v) is 5.75. The highest BCUT2D eigenvalue weighted by atomic mass is 32.1. The zero-order valence-electron chi connectivity index (χ0n) is 10.8. The largest absolute Gasteiger partial charge is 0.367 e. The first kappa shape index (κ1) is 11.7. The number of fused-ring (bicyclic) bond motifs is 1. The molecule has 5 heteroatoms. The van der Waals surface area contributed by atoms with E-state index in [1.807, 2.05) is 0 Å². The molecule has 2 aromatic heterocycles. The van der Waals surface area contributed by atoms with Crippen LogP contribution in [0, 0.1) is 0 Å². The van der Waals surface area contributed by atoms with Gasteiger partial charge in [0, 0.05) is 17.5 Å². The highest BCUT2D eigenvalue weighted by Gasteiger charge is 2.23. The van der Waals surface area contributed by atoms with E-state index >= 15 is 0 Å². The number of thiophene rings is 1. The summed E-state index contributed by atoms with van der Waals surface area (Å²) in [5.74, 6) is 1.73. The van der Waals surface area contributed by atoms with Gasteiger partial charge in [0.1, 0.15) is 10.6 Å². The van der Waals surface area contributed by atoms with Crippen molar-refractivity contribution in [3.8, 4) is 0 Å². The van der Waals surface area contributed by atoms with Crippen molar-refractivity contribution in [2.75, 3.05) is 17.2 Å². The minimum atomic E-state index is 0.613. The summed E-state index contributed by atoms with van der Waals surface area (Å²) < 4.78 is 0. The summed E-state index contributed by atoms with van der Waals surface area (Å²) in [7, 11) is 0. The topological polar surface area (TPSA) is 49.8 Å². The van der Waals surface area contributed by atoms with Gasteiger partial charge in [-0.3, -0.25) is 0 Å². The molecule has 1 aliphatic carbocycles. The van der Waals surface area contributed by atoms with E-state index in [-0.39, 0.29) is 0 Å². The minimum absolute atomic E-state index is 0.613. The Morgan fingerprint density at radius 1 is 1.33 bits per heavy atom. The number of anilines is 2. The molecule has 0 bridgehead atoms. The van der Waals surface area contributed by atoms with E-state index in [1.165, 1.54) is 23.1 Å². The summed E-state index contributed by atoms with van der Waals surface area (Å²) >= 11 is 1.77. The van der Waals surface area contributed by atoms with Crippen LogP contribution in [0.2, 0.25) is 0 Å². The number of aryl methyl sites for hydroxylation is 1. The van der Waals surface area contributed by atoms with Gasteiger partial charge < -0.3 is 10.6 Å². The molecule has 2 aromatic rings. The predicted molar refractivity (Wildman–Crippen MR) is 77.6 cm³/mol. The monoisotopic (exact) mass is 262 g/mol. The van der Waals surface area contributed by atoms with Crippen LogP contribution < -0.4 is 10.6 Å². The van der Waals surface area contributed by atoms with Crippen molar-refractivity contribution >= 4 is 33.3 Å². The Bertz CT molecular complexity index is 559. The molecule has 18 heavy (non-hydrogen) atoms. The Labute approximate surface area is 111 Å². The summed E-state index contributed by atoms with van der Waals surface area (Å²) in [5.41, 5.74) is 0. The van der Waals surface area contributed by atoms with Gasteiger partial charge >= 0.3 is 0 Å². The predicted octanol–water partition coefficient (Wildman–Crippen LogP) is 3.26. The summed E-state index contributed by atoms with van der Waals surface area (Å²) in [6.07, 6.45) is 3.57. The van der Waals surface area contributed by atoms with Crippen molar-refractivity contribution in [1.82, 2.24) is 9.97 Å². The molecule has 2 heterocycles. The molecular weight excluding hydrogens is 244 g/mol. The number of aromatic nitrogens is 2. The normalized spacial score (nSPS) is 15.0. The molecular formula is C13H18N4S. The fourth-order valence-electron chi connectivity index (χ4n) is 1.91. The molecule has 2 N–H and O–H groups in total. The van der Waals surface area contributed by atoms with Crippen LogP contribution in [0.15, 0.2) is 6.07 Å². The van der Waals surface area contributed by atoms with Crippen LogP contribution >= 0.6 is 11.3 Å². The van der Waals surface area contributed by atoms with E-state index in [1.54, 1.807) is 11.3 Å². The van der Waals surface area contributed by atoms with Crippen molar-refractivity contribution in [2.45, 2.75) is 39.2 Å². The second-order valence-electron chi connectivity index (χ2n) is 4.63. The maximum atomic E-state index is 4.59. The third kappa shape index (κ3) is 2.27. The Morgan fingerprint density at radius 2 is 2.17 bits per heavy atom. The molecule has 0 aliphatic heterocycles. The molecule has 1 fully saturated rings. The van der Waals surface area contributed by atoms with Gasteiger partial charge in [0.15, 0.2) is 0 Å². The first-order valence-electron chi connectivity index (χ1n) is 6.61. The zero-order valence-corrected chi connectivity index (χ0v) is 11.6. The van der Waals surface area contributed by atoms with Crippen LogP contribution in [0.5, 0.6) is 0 Å². The van der Waals surface area contributed by atoms with Crippen molar-refractivity contribution < 1.29 is 0 Å². The van der Waals surface area contributed by atoms with Crippen molar-refractivity contribution in [2.24, 2.45) is 0 Å². The van der Waals surface area contributed by atoms with Gasteiger partial charge in [-0.25, -0.2) is 4.98 Å². The molecule has 4 nitrogen and oxygen atoms in total. The van der Waals surface area contributed by atoms with Crippen molar-refractivity contribution in [3.05, 3.63) is 10.9 Å². The third-order valence-corrected chi connectivity index (χ3v) is 4.22. The first-order chi connectivity index (χ1) is 8.80.